The van der Waals surface area contributed by atoms with Crippen molar-refractivity contribution in [1.29, 1.82) is 0 Å². The van der Waals surface area contributed by atoms with Crippen LogP contribution in [0.3, 0.4) is 0 Å². The van der Waals surface area contributed by atoms with Crippen molar-refractivity contribution >= 4 is 40.8 Å². The average molecular weight is 538 g/mol. The van der Waals surface area contributed by atoms with E-state index in [1.54, 1.807) is 0 Å². The zero-order valence-corrected chi connectivity index (χ0v) is 20.5. The van der Waals surface area contributed by atoms with Crippen LogP contribution >= 0.6 is 23.2 Å². The molecule has 35 heavy (non-hydrogen) atoms. The van der Waals surface area contributed by atoms with E-state index in [0.717, 1.165) is 12.1 Å². The van der Waals surface area contributed by atoms with E-state index in [4.69, 9.17) is 32.7 Å². The van der Waals surface area contributed by atoms with E-state index in [1.165, 1.54) is 51.5 Å². The molecular formula is C22H24Cl2F3N3O5. The second-order valence-corrected chi connectivity index (χ2v) is 8.42. The molecule has 0 unspecified atom stereocenters. The number of amides is 3. The molecule has 0 radical (unpaired) electrons. The second-order valence-electron chi connectivity index (χ2n) is 7.55. The summed E-state index contributed by atoms with van der Waals surface area (Å²) in [6.07, 6.45) is -5.63. The fourth-order valence-electron chi connectivity index (χ4n) is 3.03. The molecule has 0 saturated carbocycles. The Morgan fingerprint density at radius 1 is 1.00 bits per heavy atom. The minimum atomic E-state index is -4.84. The molecule has 3 N–H and O–H groups in total. The Labute approximate surface area is 210 Å². The van der Waals surface area contributed by atoms with Gasteiger partial charge in [0, 0.05) is 36.4 Å². The number of ether oxygens (including phenoxy) is 3. The Kier molecular flexibility index (Phi) is 10.0. The predicted octanol–water partition coefficient (Wildman–Crippen LogP) is 4.75. The highest BCUT2D eigenvalue weighted by molar-refractivity contribution is 6.35. The molecule has 0 saturated heterocycles. The Hall–Kier alpha value is -2.73. The molecule has 0 fully saturated rings. The van der Waals surface area contributed by atoms with E-state index in [2.05, 4.69) is 20.7 Å². The number of halogens is 5. The van der Waals surface area contributed by atoms with Gasteiger partial charge < -0.3 is 30.2 Å². The zero-order valence-electron chi connectivity index (χ0n) is 19.0. The lowest BCUT2D eigenvalue weighted by Gasteiger charge is -2.30. The molecule has 13 heteroatoms. The van der Waals surface area contributed by atoms with E-state index in [9.17, 15) is 22.8 Å². The number of rotatable bonds is 10. The summed E-state index contributed by atoms with van der Waals surface area (Å²) < 4.78 is 51.2. The van der Waals surface area contributed by atoms with Crippen molar-refractivity contribution < 1.29 is 37.0 Å². The van der Waals surface area contributed by atoms with Gasteiger partial charge in [0.15, 0.2) is 6.29 Å². The summed E-state index contributed by atoms with van der Waals surface area (Å²) in [6, 6.07) is 8.65. The summed E-state index contributed by atoms with van der Waals surface area (Å²) in [5, 5.41) is 8.34. The van der Waals surface area contributed by atoms with Gasteiger partial charge in [0.1, 0.15) is 11.3 Å². The van der Waals surface area contributed by atoms with Crippen molar-refractivity contribution in [2.75, 3.05) is 26.1 Å². The number of urea groups is 1. The first kappa shape index (κ1) is 28.5. The number of methoxy groups -OCH3 is 2. The maximum absolute atomic E-state index is 13.2. The molecule has 2 aromatic rings. The minimum Gasteiger partial charge on any atom is -0.406 e. The SMILES string of the molecule is COC(CNC(=O)N[C@](C)(Cc1ccc(OC(F)(F)F)cc1)C(=O)Nc1cc(Cl)cc(Cl)c1)OC. The average Bonchev–Trinajstić information content (AvgIpc) is 2.74. The van der Waals surface area contributed by atoms with Gasteiger partial charge in [-0.1, -0.05) is 35.3 Å². The van der Waals surface area contributed by atoms with Gasteiger partial charge in [-0.15, -0.1) is 13.2 Å². The van der Waals surface area contributed by atoms with Crippen LogP contribution in [0.2, 0.25) is 10.0 Å². The predicted molar refractivity (Wildman–Crippen MR) is 125 cm³/mol. The standard InChI is InChI=1S/C22H24Cl2F3N3O5/c1-21(30-20(32)28-12-18(33-2)34-3,19(31)29-16-9-14(23)8-15(24)10-16)11-13-4-6-17(7-5-13)35-22(25,26)27/h4-10,18H,11-12H2,1-3H3,(H,29,31)(H2,28,30,32)/t21-/m1/s1. The summed E-state index contributed by atoms with van der Waals surface area (Å²) in [7, 11) is 2.79. The summed E-state index contributed by atoms with van der Waals surface area (Å²) in [5.74, 6) is -1.05. The smallest absolute Gasteiger partial charge is 0.406 e. The van der Waals surface area contributed by atoms with Gasteiger partial charge in [0.05, 0.1) is 6.54 Å². The van der Waals surface area contributed by atoms with Crippen molar-refractivity contribution in [3.8, 4) is 5.75 Å². The number of hydrogen-bond acceptors (Lipinski definition) is 5. The fraction of sp³-hybridized carbons (Fsp3) is 0.364. The monoisotopic (exact) mass is 537 g/mol. The van der Waals surface area contributed by atoms with E-state index in [1.807, 2.05) is 0 Å². The van der Waals surface area contributed by atoms with Gasteiger partial charge in [-0.2, -0.15) is 0 Å². The Morgan fingerprint density at radius 3 is 2.09 bits per heavy atom. The van der Waals surface area contributed by atoms with Gasteiger partial charge in [-0.05, 0) is 42.8 Å². The normalized spacial score (nSPS) is 13.2. The minimum absolute atomic E-state index is 0.0100. The number of carbonyl (C=O) groups excluding carboxylic acids is 2. The first-order valence-electron chi connectivity index (χ1n) is 10.1. The van der Waals surface area contributed by atoms with Crippen LogP contribution < -0.4 is 20.7 Å². The molecule has 0 spiro atoms. The summed E-state index contributed by atoms with van der Waals surface area (Å²) >= 11 is 12.0. The largest absolute Gasteiger partial charge is 0.573 e. The molecule has 0 aliphatic rings. The molecule has 0 aliphatic carbocycles. The third-order valence-corrected chi connectivity index (χ3v) is 5.12. The number of benzene rings is 2. The molecule has 1 atom stereocenters. The lowest BCUT2D eigenvalue weighted by atomic mass is 9.91. The molecule has 0 aromatic heterocycles. The van der Waals surface area contributed by atoms with Gasteiger partial charge in [-0.3, -0.25) is 4.79 Å². The molecule has 2 aromatic carbocycles. The van der Waals surface area contributed by atoms with Crippen molar-refractivity contribution in [3.05, 3.63) is 58.1 Å². The highest BCUT2D eigenvalue weighted by atomic mass is 35.5. The number of carbonyl (C=O) groups is 2. The third-order valence-electron chi connectivity index (χ3n) is 4.68. The summed E-state index contributed by atoms with van der Waals surface area (Å²) in [4.78, 5) is 25.8. The second kappa shape index (κ2) is 12.3. The highest BCUT2D eigenvalue weighted by Crippen LogP contribution is 2.26. The lowest BCUT2D eigenvalue weighted by molar-refractivity contribution is -0.274. The van der Waals surface area contributed by atoms with E-state index >= 15 is 0 Å². The van der Waals surface area contributed by atoms with Crippen LogP contribution in [0.1, 0.15) is 12.5 Å². The first-order chi connectivity index (χ1) is 16.3. The zero-order chi connectivity index (χ0) is 26.2. The van der Waals surface area contributed by atoms with Gasteiger partial charge in [0.2, 0.25) is 5.91 Å². The Morgan fingerprint density at radius 2 is 1.57 bits per heavy atom. The number of hydrogen-bond donors (Lipinski definition) is 3. The van der Waals surface area contributed by atoms with E-state index in [0.29, 0.717) is 5.56 Å². The molecule has 8 nitrogen and oxygen atoms in total. The molecule has 3 amide bonds. The van der Waals surface area contributed by atoms with Crippen LogP contribution in [-0.4, -0.2) is 50.9 Å². The molecule has 0 aliphatic heterocycles. The summed E-state index contributed by atoms with van der Waals surface area (Å²) in [6.45, 7) is 1.45. The Bertz CT molecular complexity index is 1000. The molecule has 0 bridgehead atoms. The number of alkyl halides is 3. The number of anilines is 1. The summed E-state index contributed by atoms with van der Waals surface area (Å²) in [5.41, 5.74) is -0.817. The molecular weight excluding hydrogens is 514 g/mol. The van der Waals surface area contributed by atoms with Crippen LogP contribution in [0.4, 0.5) is 23.7 Å². The molecule has 192 valence electrons. The van der Waals surface area contributed by atoms with Crippen LogP contribution in [-0.2, 0) is 20.7 Å². The lowest BCUT2D eigenvalue weighted by Crippen LogP contribution is -2.59. The maximum Gasteiger partial charge on any atom is 0.573 e. The third kappa shape index (κ3) is 9.44. The van der Waals surface area contributed by atoms with Crippen LogP contribution in [0.25, 0.3) is 0 Å². The van der Waals surface area contributed by atoms with E-state index in [-0.39, 0.29) is 28.7 Å². The first-order valence-corrected chi connectivity index (χ1v) is 10.8. The van der Waals surface area contributed by atoms with Crippen LogP contribution in [0.5, 0.6) is 5.75 Å². The quantitative estimate of drug-likeness (QED) is 0.380. The molecule has 0 heterocycles. The highest BCUT2D eigenvalue weighted by Gasteiger charge is 2.36. The Balaban J connectivity index is 2.24. The van der Waals surface area contributed by atoms with Gasteiger partial charge in [-0.25, -0.2) is 4.79 Å². The van der Waals surface area contributed by atoms with Crippen molar-refractivity contribution in [2.45, 2.75) is 31.5 Å². The fourth-order valence-corrected chi connectivity index (χ4v) is 3.55. The molecule has 2 rings (SSSR count). The number of nitrogens with one attached hydrogen (secondary N) is 3. The van der Waals surface area contributed by atoms with Crippen molar-refractivity contribution in [2.24, 2.45) is 0 Å². The maximum atomic E-state index is 13.2. The topological polar surface area (TPSA) is 97.9 Å². The van der Waals surface area contributed by atoms with Crippen molar-refractivity contribution in [3.63, 3.8) is 0 Å². The van der Waals surface area contributed by atoms with Crippen molar-refractivity contribution in [1.82, 2.24) is 10.6 Å². The van der Waals surface area contributed by atoms with Crippen LogP contribution in [0, 0.1) is 0 Å². The van der Waals surface area contributed by atoms with E-state index < -0.39 is 35.9 Å². The van der Waals surface area contributed by atoms with Gasteiger partial charge >= 0.3 is 12.4 Å². The van der Waals surface area contributed by atoms with Crippen LogP contribution in [0.15, 0.2) is 42.5 Å². The van der Waals surface area contributed by atoms with Gasteiger partial charge in [0.25, 0.3) is 0 Å².